The van der Waals surface area contributed by atoms with E-state index in [1.54, 1.807) is 19.2 Å². The number of amides is 1. The van der Waals surface area contributed by atoms with Gasteiger partial charge in [0.2, 0.25) is 5.91 Å². The molecule has 0 fully saturated rings. The van der Waals surface area contributed by atoms with Crippen molar-refractivity contribution in [2.75, 3.05) is 24.6 Å². The van der Waals surface area contributed by atoms with Gasteiger partial charge >= 0.3 is 0 Å². The molecule has 6 nitrogen and oxygen atoms in total. The minimum absolute atomic E-state index is 0.0131. The number of nitrogen functional groups attached to an aromatic ring is 1. The Morgan fingerprint density at radius 2 is 2.29 bits per heavy atom. The van der Waals surface area contributed by atoms with Gasteiger partial charge in [-0.1, -0.05) is 0 Å². The second kappa shape index (κ2) is 5.00. The summed E-state index contributed by atoms with van der Waals surface area (Å²) in [6.45, 7) is 0.526. The zero-order chi connectivity index (χ0) is 10.4. The standard InChI is InChI=1S/C8H13N5O/c1-10-8(14)4-5-11-7-3-2-6(9)12-13-7/h2-3H,4-5H2,1H3,(H2,9,12)(H,10,14)(H,11,13). The number of nitrogens with two attached hydrogens (primary N) is 1. The Kier molecular flexibility index (Phi) is 3.66. The van der Waals surface area contributed by atoms with Crippen LogP contribution in [-0.4, -0.2) is 29.7 Å². The Labute approximate surface area is 81.9 Å². The molecular weight excluding hydrogens is 182 g/mol. The number of rotatable bonds is 4. The van der Waals surface area contributed by atoms with Crippen molar-refractivity contribution in [2.24, 2.45) is 0 Å². The van der Waals surface area contributed by atoms with Crippen molar-refractivity contribution in [3.8, 4) is 0 Å². The lowest BCUT2D eigenvalue weighted by Gasteiger charge is -2.03. The summed E-state index contributed by atoms with van der Waals surface area (Å²) in [5.74, 6) is 0.978. The van der Waals surface area contributed by atoms with Crippen LogP contribution >= 0.6 is 0 Å². The molecule has 0 unspecified atom stereocenters. The minimum atomic E-state index is -0.0131. The summed E-state index contributed by atoms with van der Waals surface area (Å²) in [5, 5.41) is 12.9. The monoisotopic (exact) mass is 195 g/mol. The molecule has 0 aromatic carbocycles. The smallest absolute Gasteiger partial charge is 0.221 e. The lowest BCUT2D eigenvalue weighted by Crippen LogP contribution is -2.21. The van der Waals surface area contributed by atoms with Crippen LogP contribution in [0.25, 0.3) is 0 Å². The lowest BCUT2D eigenvalue weighted by molar-refractivity contribution is -0.120. The maximum Gasteiger partial charge on any atom is 0.221 e. The number of hydrogen-bond acceptors (Lipinski definition) is 5. The molecule has 0 aliphatic carbocycles. The van der Waals surface area contributed by atoms with Crippen molar-refractivity contribution in [1.29, 1.82) is 0 Å². The van der Waals surface area contributed by atoms with E-state index in [9.17, 15) is 4.79 Å². The summed E-state index contributed by atoms with van der Waals surface area (Å²) < 4.78 is 0. The lowest BCUT2D eigenvalue weighted by atomic mass is 10.4. The minimum Gasteiger partial charge on any atom is -0.382 e. The Morgan fingerprint density at radius 1 is 1.50 bits per heavy atom. The Bertz CT molecular complexity index is 297. The van der Waals surface area contributed by atoms with Crippen molar-refractivity contribution in [3.05, 3.63) is 12.1 Å². The first kappa shape index (κ1) is 10.2. The van der Waals surface area contributed by atoms with E-state index in [1.165, 1.54) is 0 Å². The highest BCUT2D eigenvalue weighted by Gasteiger charge is 1.98. The molecule has 1 aromatic rings. The van der Waals surface area contributed by atoms with Gasteiger partial charge in [0.25, 0.3) is 0 Å². The second-order valence-corrected chi connectivity index (χ2v) is 2.69. The Balaban J connectivity index is 2.31. The van der Waals surface area contributed by atoms with E-state index >= 15 is 0 Å². The molecule has 0 bridgehead atoms. The molecule has 0 aliphatic heterocycles. The van der Waals surface area contributed by atoms with E-state index in [2.05, 4.69) is 20.8 Å². The number of carbonyl (C=O) groups is 1. The first-order valence-electron chi connectivity index (χ1n) is 4.26. The topological polar surface area (TPSA) is 92.9 Å². The van der Waals surface area contributed by atoms with Crippen molar-refractivity contribution in [1.82, 2.24) is 15.5 Å². The molecule has 0 atom stereocenters. The van der Waals surface area contributed by atoms with Crippen LogP contribution in [-0.2, 0) is 4.79 Å². The summed E-state index contributed by atoms with van der Waals surface area (Å²) in [4.78, 5) is 10.8. The quantitative estimate of drug-likeness (QED) is 0.608. The molecule has 6 heteroatoms. The molecule has 0 aliphatic rings. The average molecular weight is 195 g/mol. The van der Waals surface area contributed by atoms with Gasteiger partial charge in [-0.05, 0) is 12.1 Å². The van der Waals surface area contributed by atoms with E-state index in [1.807, 2.05) is 0 Å². The van der Waals surface area contributed by atoms with Crippen molar-refractivity contribution in [2.45, 2.75) is 6.42 Å². The van der Waals surface area contributed by atoms with Gasteiger partial charge < -0.3 is 16.4 Å². The molecule has 0 saturated heterocycles. The number of nitrogens with one attached hydrogen (secondary N) is 2. The van der Waals surface area contributed by atoms with Crippen LogP contribution in [0.3, 0.4) is 0 Å². The summed E-state index contributed by atoms with van der Waals surface area (Å²) >= 11 is 0. The third kappa shape index (κ3) is 3.26. The molecule has 1 amide bonds. The third-order valence-electron chi connectivity index (χ3n) is 1.62. The predicted octanol–water partition coefficient (Wildman–Crippen LogP) is -0.393. The van der Waals surface area contributed by atoms with Gasteiger partial charge in [-0.25, -0.2) is 0 Å². The average Bonchev–Trinajstić information content (AvgIpc) is 2.21. The second-order valence-electron chi connectivity index (χ2n) is 2.69. The number of anilines is 2. The van der Waals surface area contributed by atoms with E-state index < -0.39 is 0 Å². The van der Waals surface area contributed by atoms with Crippen LogP contribution in [0.5, 0.6) is 0 Å². The van der Waals surface area contributed by atoms with E-state index in [0.717, 1.165) is 0 Å². The molecular formula is C8H13N5O. The molecule has 0 radical (unpaired) electrons. The van der Waals surface area contributed by atoms with E-state index in [-0.39, 0.29) is 5.91 Å². The predicted molar refractivity (Wildman–Crippen MR) is 53.6 cm³/mol. The molecule has 1 heterocycles. The van der Waals surface area contributed by atoms with Crippen molar-refractivity contribution in [3.63, 3.8) is 0 Å². The first-order valence-corrected chi connectivity index (χ1v) is 4.26. The number of hydrogen-bond donors (Lipinski definition) is 3. The molecule has 14 heavy (non-hydrogen) atoms. The molecule has 1 rings (SSSR count). The zero-order valence-corrected chi connectivity index (χ0v) is 7.95. The summed E-state index contributed by atoms with van der Waals surface area (Å²) in [5.41, 5.74) is 5.36. The zero-order valence-electron chi connectivity index (χ0n) is 7.95. The van der Waals surface area contributed by atoms with Gasteiger partial charge in [-0.15, -0.1) is 10.2 Å². The van der Waals surface area contributed by atoms with Gasteiger partial charge in [0.15, 0.2) is 0 Å². The third-order valence-corrected chi connectivity index (χ3v) is 1.62. The SMILES string of the molecule is CNC(=O)CCNc1ccc(N)nn1. The van der Waals surface area contributed by atoms with Gasteiger partial charge in [-0.3, -0.25) is 4.79 Å². The normalized spacial score (nSPS) is 9.50. The number of carbonyl (C=O) groups excluding carboxylic acids is 1. The number of aromatic nitrogens is 2. The fraction of sp³-hybridized carbons (Fsp3) is 0.375. The largest absolute Gasteiger partial charge is 0.382 e. The van der Waals surface area contributed by atoms with Crippen LogP contribution in [0.1, 0.15) is 6.42 Å². The molecule has 1 aromatic heterocycles. The van der Waals surface area contributed by atoms with Gasteiger partial charge in [0.05, 0.1) is 0 Å². The maximum atomic E-state index is 10.8. The first-order chi connectivity index (χ1) is 6.72. The van der Waals surface area contributed by atoms with Crippen LogP contribution in [0.4, 0.5) is 11.6 Å². The van der Waals surface area contributed by atoms with Crippen LogP contribution in [0.15, 0.2) is 12.1 Å². The number of nitrogens with zero attached hydrogens (tertiary/aromatic N) is 2. The molecule has 4 N–H and O–H groups in total. The fourth-order valence-corrected chi connectivity index (χ4v) is 0.866. The van der Waals surface area contributed by atoms with Gasteiger partial charge in [-0.2, -0.15) is 0 Å². The maximum absolute atomic E-state index is 10.8. The molecule has 0 saturated carbocycles. The summed E-state index contributed by atoms with van der Waals surface area (Å²) in [6.07, 6.45) is 0.405. The summed E-state index contributed by atoms with van der Waals surface area (Å²) in [6, 6.07) is 3.36. The van der Waals surface area contributed by atoms with E-state index in [4.69, 9.17) is 5.73 Å². The van der Waals surface area contributed by atoms with Crippen LogP contribution < -0.4 is 16.4 Å². The highest BCUT2D eigenvalue weighted by molar-refractivity contribution is 5.75. The van der Waals surface area contributed by atoms with E-state index in [0.29, 0.717) is 24.6 Å². The van der Waals surface area contributed by atoms with Gasteiger partial charge in [0, 0.05) is 20.0 Å². The van der Waals surface area contributed by atoms with Gasteiger partial charge in [0.1, 0.15) is 11.6 Å². The van der Waals surface area contributed by atoms with Crippen LogP contribution in [0, 0.1) is 0 Å². The van der Waals surface area contributed by atoms with Crippen molar-refractivity contribution < 1.29 is 4.79 Å². The highest BCUT2D eigenvalue weighted by Crippen LogP contribution is 2.01. The van der Waals surface area contributed by atoms with Crippen molar-refractivity contribution >= 4 is 17.5 Å². The highest BCUT2D eigenvalue weighted by atomic mass is 16.1. The Morgan fingerprint density at radius 3 is 2.86 bits per heavy atom. The molecule has 76 valence electrons. The Hall–Kier alpha value is -1.85. The summed E-state index contributed by atoms with van der Waals surface area (Å²) in [7, 11) is 1.60. The van der Waals surface area contributed by atoms with Crippen LogP contribution in [0.2, 0.25) is 0 Å². The molecule has 0 spiro atoms. The fourth-order valence-electron chi connectivity index (χ4n) is 0.866.